The molecule has 86 valence electrons. The van der Waals surface area contributed by atoms with Gasteiger partial charge in [0.15, 0.2) is 0 Å². The topological polar surface area (TPSA) is 89.3 Å². The predicted molar refractivity (Wildman–Crippen MR) is 57.7 cm³/mol. The van der Waals surface area contributed by atoms with Gasteiger partial charge in [0.1, 0.15) is 0 Å². The van der Waals surface area contributed by atoms with Crippen molar-refractivity contribution in [3.8, 4) is 0 Å². The minimum Gasteiger partial charge on any atom is -0.465 e. The normalized spacial score (nSPS) is 12.8. The molecule has 0 rings (SSSR count). The molecule has 6 nitrogen and oxygen atoms in total. The van der Waals surface area contributed by atoms with E-state index < -0.39 is 11.6 Å². The summed E-state index contributed by atoms with van der Waals surface area (Å²) in [5, 5.41) is 12.5. The summed E-state index contributed by atoms with van der Waals surface area (Å²) in [6, 6.07) is -0.265. The van der Waals surface area contributed by atoms with Gasteiger partial charge in [-0.15, -0.1) is 0 Å². The van der Waals surface area contributed by atoms with E-state index in [0.717, 1.165) is 0 Å². The van der Waals surface area contributed by atoms with Gasteiger partial charge in [0, 0.05) is 23.0 Å². The van der Waals surface area contributed by atoms with Crippen LogP contribution in [0.15, 0.2) is 5.11 Å². The average Bonchev–Trinajstić information content (AvgIpc) is 2.08. The Hall–Kier alpha value is -1.42. The van der Waals surface area contributed by atoms with Crippen LogP contribution >= 0.6 is 0 Å². The Morgan fingerprint density at radius 1 is 1.60 bits per heavy atom. The van der Waals surface area contributed by atoms with Gasteiger partial charge in [0.2, 0.25) is 0 Å². The molecule has 0 radical (unpaired) electrons. The van der Waals surface area contributed by atoms with Crippen molar-refractivity contribution in [2.75, 3.05) is 6.54 Å². The molecule has 0 aliphatic heterocycles. The molecule has 0 aromatic rings. The second-order valence-corrected chi connectivity index (χ2v) is 4.30. The van der Waals surface area contributed by atoms with Gasteiger partial charge in [-0.2, -0.15) is 0 Å². The van der Waals surface area contributed by atoms with Gasteiger partial charge in [-0.1, -0.05) is 12.0 Å². The largest absolute Gasteiger partial charge is 0.465 e. The zero-order valence-electron chi connectivity index (χ0n) is 9.64. The average molecular weight is 214 g/mol. The molecule has 1 N–H and O–H groups in total. The van der Waals surface area contributed by atoms with Crippen molar-refractivity contribution in [2.24, 2.45) is 5.11 Å². The number of rotatable bonds is 4. The molecular weight excluding hydrogens is 196 g/mol. The fraction of sp³-hybridized carbons (Fsp3) is 0.889. The fourth-order valence-electron chi connectivity index (χ4n) is 1.51. The van der Waals surface area contributed by atoms with Crippen molar-refractivity contribution >= 4 is 6.09 Å². The van der Waals surface area contributed by atoms with E-state index in [2.05, 4.69) is 10.0 Å². The van der Waals surface area contributed by atoms with Crippen LogP contribution in [0.2, 0.25) is 0 Å². The molecule has 0 aliphatic carbocycles. The molecule has 0 saturated heterocycles. The van der Waals surface area contributed by atoms with Gasteiger partial charge in [-0.3, -0.25) is 0 Å². The highest BCUT2D eigenvalue weighted by Crippen LogP contribution is 2.19. The van der Waals surface area contributed by atoms with Crippen LogP contribution in [0.1, 0.15) is 34.1 Å². The molecule has 6 heteroatoms. The van der Waals surface area contributed by atoms with Gasteiger partial charge >= 0.3 is 6.09 Å². The molecular formula is C9H18N4O2. The van der Waals surface area contributed by atoms with Crippen molar-refractivity contribution in [2.45, 2.75) is 45.7 Å². The molecule has 0 heterocycles. The summed E-state index contributed by atoms with van der Waals surface area (Å²) in [4.78, 5) is 15.1. The van der Waals surface area contributed by atoms with Crippen LogP contribution in [0, 0.1) is 0 Å². The van der Waals surface area contributed by atoms with Crippen LogP contribution in [-0.2, 0) is 0 Å². The Bertz CT molecular complexity index is 266. The highest BCUT2D eigenvalue weighted by molar-refractivity contribution is 5.66. The van der Waals surface area contributed by atoms with E-state index >= 15 is 0 Å². The van der Waals surface area contributed by atoms with Crippen LogP contribution in [0.4, 0.5) is 4.79 Å². The second-order valence-electron chi connectivity index (χ2n) is 4.30. The Morgan fingerprint density at radius 3 is 2.40 bits per heavy atom. The van der Waals surface area contributed by atoms with Crippen LogP contribution in [0.25, 0.3) is 10.4 Å². The van der Waals surface area contributed by atoms with Crippen LogP contribution in [-0.4, -0.2) is 34.2 Å². The van der Waals surface area contributed by atoms with Gasteiger partial charge in [0.05, 0.1) is 0 Å². The van der Waals surface area contributed by atoms with Crippen molar-refractivity contribution in [3.63, 3.8) is 0 Å². The number of hydrogen-bond acceptors (Lipinski definition) is 2. The van der Waals surface area contributed by atoms with E-state index in [1.807, 2.05) is 27.7 Å². The number of carbonyl (C=O) groups is 1. The molecule has 0 bridgehead atoms. The fourth-order valence-corrected chi connectivity index (χ4v) is 1.51. The summed E-state index contributed by atoms with van der Waals surface area (Å²) in [5.74, 6) is 0. The summed E-state index contributed by atoms with van der Waals surface area (Å²) in [6.45, 7) is 7.51. The first-order valence-corrected chi connectivity index (χ1v) is 4.87. The summed E-state index contributed by atoms with van der Waals surface area (Å²) in [6.07, 6.45) is -0.356. The first kappa shape index (κ1) is 13.6. The molecule has 1 amide bonds. The maximum absolute atomic E-state index is 11.1. The number of nitrogens with zero attached hydrogens (tertiary/aromatic N) is 4. The van der Waals surface area contributed by atoms with Gasteiger partial charge < -0.3 is 10.0 Å². The van der Waals surface area contributed by atoms with Crippen LogP contribution in [0.5, 0.6) is 0 Å². The SMILES string of the molecule is CC[C@@H](CN=[N+]=[N-])N(C(=O)O)C(C)(C)C. The maximum atomic E-state index is 11.1. The standard InChI is InChI=1S/C9H18N4O2/c1-5-7(6-11-12-10)13(8(14)15)9(2,3)4/h7H,5-6H2,1-4H3,(H,14,15)/t7-/m0/s1. The lowest BCUT2D eigenvalue weighted by molar-refractivity contribution is 0.0712. The Morgan fingerprint density at radius 2 is 2.13 bits per heavy atom. The summed E-state index contributed by atoms with van der Waals surface area (Å²) >= 11 is 0. The number of hydrogen-bond donors (Lipinski definition) is 1. The minimum absolute atomic E-state index is 0.177. The maximum Gasteiger partial charge on any atom is 0.407 e. The van der Waals surface area contributed by atoms with E-state index in [4.69, 9.17) is 10.6 Å². The monoisotopic (exact) mass is 214 g/mol. The third-order valence-corrected chi connectivity index (χ3v) is 2.12. The van der Waals surface area contributed by atoms with E-state index in [1.165, 1.54) is 4.90 Å². The quantitative estimate of drug-likeness (QED) is 0.443. The minimum atomic E-state index is -0.984. The molecule has 0 unspecified atom stereocenters. The van der Waals surface area contributed by atoms with E-state index in [0.29, 0.717) is 6.42 Å². The zero-order valence-corrected chi connectivity index (χ0v) is 9.64. The first-order chi connectivity index (χ1) is 6.84. The lowest BCUT2D eigenvalue weighted by Gasteiger charge is -2.38. The van der Waals surface area contributed by atoms with E-state index in [1.54, 1.807) is 0 Å². The molecule has 0 aromatic heterocycles. The van der Waals surface area contributed by atoms with Crippen molar-refractivity contribution in [3.05, 3.63) is 10.4 Å². The van der Waals surface area contributed by atoms with Crippen molar-refractivity contribution < 1.29 is 9.90 Å². The van der Waals surface area contributed by atoms with E-state index in [9.17, 15) is 4.79 Å². The molecule has 0 saturated carbocycles. The Labute approximate surface area is 89.5 Å². The van der Waals surface area contributed by atoms with Gasteiger partial charge in [-0.05, 0) is 32.7 Å². The molecule has 0 spiro atoms. The number of amides is 1. The summed E-state index contributed by atoms with van der Waals surface area (Å²) < 4.78 is 0. The highest BCUT2D eigenvalue weighted by Gasteiger charge is 2.31. The summed E-state index contributed by atoms with van der Waals surface area (Å²) in [5.41, 5.74) is 7.74. The highest BCUT2D eigenvalue weighted by atomic mass is 16.4. The Kier molecular flexibility index (Phi) is 4.94. The predicted octanol–water partition coefficient (Wildman–Crippen LogP) is 2.85. The van der Waals surface area contributed by atoms with Crippen molar-refractivity contribution in [1.82, 2.24) is 4.90 Å². The first-order valence-electron chi connectivity index (χ1n) is 4.87. The van der Waals surface area contributed by atoms with Gasteiger partial charge in [0.25, 0.3) is 0 Å². The molecule has 15 heavy (non-hydrogen) atoms. The smallest absolute Gasteiger partial charge is 0.407 e. The van der Waals surface area contributed by atoms with Gasteiger partial charge in [-0.25, -0.2) is 4.79 Å². The molecule has 1 atom stereocenters. The van der Waals surface area contributed by atoms with Crippen LogP contribution in [0.3, 0.4) is 0 Å². The molecule has 0 aromatic carbocycles. The summed E-state index contributed by atoms with van der Waals surface area (Å²) in [7, 11) is 0. The lowest BCUT2D eigenvalue weighted by Crippen LogP contribution is -2.52. The lowest BCUT2D eigenvalue weighted by atomic mass is 10.0. The third-order valence-electron chi connectivity index (χ3n) is 2.12. The van der Waals surface area contributed by atoms with E-state index in [-0.39, 0.29) is 12.6 Å². The molecule has 0 fully saturated rings. The zero-order chi connectivity index (χ0) is 12.1. The second kappa shape index (κ2) is 5.46. The Balaban J connectivity index is 4.86. The third kappa shape index (κ3) is 4.08. The van der Waals surface area contributed by atoms with Crippen LogP contribution < -0.4 is 0 Å². The van der Waals surface area contributed by atoms with Crippen molar-refractivity contribution in [1.29, 1.82) is 0 Å². The molecule has 0 aliphatic rings. The number of carboxylic acid groups (broad SMARTS) is 1. The number of azide groups is 1.